The van der Waals surface area contributed by atoms with Crippen LogP contribution in [0.25, 0.3) is 6.08 Å². The van der Waals surface area contributed by atoms with Gasteiger partial charge in [0.25, 0.3) is 17.1 Å². The van der Waals surface area contributed by atoms with E-state index in [0.29, 0.717) is 22.7 Å². The predicted octanol–water partition coefficient (Wildman–Crippen LogP) is 6.38. The number of amides is 4. The van der Waals surface area contributed by atoms with Crippen LogP contribution in [0.2, 0.25) is 0 Å². The van der Waals surface area contributed by atoms with Crippen LogP contribution in [0, 0.1) is 27.7 Å². The maximum absolute atomic E-state index is 12.8. The predicted molar refractivity (Wildman–Crippen MR) is 161 cm³/mol. The number of carbonyl (C=O) groups excluding carboxylic acids is 4. The zero-order valence-electron chi connectivity index (χ0n) is 22.5. The Morgan fingerprint density at radius 1 is 0.875 bits per heavy atom. The molecule has 1 heterocycles. The zero-order valence-corrected chi connectivity index (χ0v) is 24.9. The average Bonchev–Trinajstić information content (AvgIpc) is 3.15. The van der Waals surface area contributed by atoms with Gasteiger partial charge in [0.1, 0.15) is 12.3 Å². The van der Waals surface area contributed by atoms with Gasteiger partial charge in [-0.1, -0.05) is 29.8 Å². The van der Waals surface area contributed by atoms with E-state index in [4.69, 9.17) is 4.74 Å². The molecule has 40 heavy (non-hydrogen) atoms. The van der Waals surface area contributed by atoms with Crippen LogP contribution in [0.1, 0.15) is 27.8 Å². The van der Waals surface area contributed by atoms with Crippen LogP contribution in [0.4, 0.5) is 16.2 Å². The smallest absolute Gasteiger partial charge is 0.294 e. The Morgan fingerprint density at radius 2 is 1.55 bits per heavy atom. The number of anilines is 2. The van der Waals surface area contributed by atoms with Crippen LogP contribution < -0.4 is 15.4 Å². The number of nitrogens with zero attached hydrogens (tertiary/aromatic N) is 1. The molecule has 8 nitrogen and oxygen atoms in total. The van der Waals surface area contributed by atoms with E-state index in [1.165, 1.54) is 0 Å². The van der Waals surface area contributed by atoms with E-state index in [2.05, 4.69) is 26.6 Å². The fourth-order valence-electron chi connectivity index (χ4n) is 3.95. The van der Waals surface area contributed by atoms with Gasteiger partial charge < -0.3 is 15.4 Å². The van der Waals surface area contributed by atoms with Crippen LogP contribution in [0.15, 0.2) is 64.0 Å². The molecular weight excluding hydrogens is 594 g/mol. The first-order chi connectivity index (χ1) is 19.0. The summed E-state index contributed by atoms with van der Waals surface area (Å²) in [4.78, 5) is 51.3. The van der Waals surface area contributed by atoms with Crippen molar-refractivity contribution in [3.05, 3.63) is 91.8 Å². The van der Waals surface area contributed by atoms with Crippen molar-refractivity contribution in [1.29, 1.82) is 0 Å². The highest BCUT2D eigenvalue weighted by atomic mass is 79.9. The minimum atomic E-state index is -0.528. The summed E-state index contributed by atoms with van der Waals surface area (Å²) < 4.78 is 6.39. The second kappa shape index (κ2) is 12.5. The number of nitrogens with one attached hydrogen (secondary N) is 2. The molecule has 0 bridgehead atoms. The summed E-state index contributed by atoms with van der Waals surface area (Å²) in [5.74, 6) is -0.808. The molecule has 2 N–H and O–H groups in total. The number of thioether (sulfide) groups is 1. The lowest BCUT2D eigenvalue weighted by molar-refractivity contribution is -0.127. The quantitative estimate of drug-likeness (QED) is 0.283. The van der Waals surface area contributed by atoms with Gasteiger partial charge in [-0.15, -0.1) is 0 Å². The maximum Gasteiger partial charge on any atom is 0.294 e. The Morgan fingerprint density at radius 3 is 2.25 bits per heavy atom. The summed E-state index contributed by atoms with van der Waals surface area (Å²) >= 11 is 4.24. The fraction of sp³-hybridized carbons (Fsp3) is 0.200. The number of hydrogen-bond acceptors (Lipinski definition) is 6. The summed E-state index contributed by atoms with van der Waals surface area (Å²) in [6, 6.07) is 16.2. The number of imide groups is 1. The second-order valence-corrected chi connectivity index (χ2v) is 11.3. The third-order valence-corrected chi connectivity index (χ3v) is 7.80. The van der Waals surface area contributed by atoms with Crippen molar-refractivity contribution in [3.8, 4) is 5.75 Å². The van der Waals surface area contributed by atoms with Crippen LogP contribution in [0.3, 0.4) is 0 Å². The SMILES string of the molecule is Cc1ccc(NC(=O)CN2C(=O)S/C(=C/c3ccc(OCC(=O)Nc4cc(C)c(C)cc4Br)cc3)C2=O)c(C)c1. The molecule has 1 saturated heterocycles. The molecule has 0 aromatic heterocycles. The van der Waals surface area contributed by atoms with Crippen molar-refractivity contribution in [3.63, 3.8) is 0 Å². The summed E-state index contributed by atoms with van der Waals surface area (Å²) in [5.41, 5.74) is 6.11. The molecule has 0 unspecified atom stereocenters. The van der Waals surface area contributed by atoms with Crippen LogP contribution in [-0.4, -0.2) is 41.0 Å². The van der Waals surface area contributed by atoms with Crippen LogP contribution >= 0.6 is 27.7 Å². The van der Waals surface area contributed by atoms with Crippen molar-refractivity contribution in [2.75, 3.05) is 23.8 Å². The summed E-state index contributed by atoms with van der Waals surface area (Å²) in [6.07, 6.45) is 1.58. The van der Waals surface area contributed by atoms with Crippen molar-refractivity contribution in [1.82, 2.24) is 4.90 Å². The first-order valence-electron chi connectivity index (χ1n) is 12.4. The van der Waals surface area contributed by atoms with Crippen molar-refractivity contribution >= 4 is 68.1 Å². The monoisotopic (exact) mass is 621 g/mol. The minimum absolute atomic E-state index is 0.179. The molecule has 1 fully saturated rings. The van der Waals surface area contributed by atoms with E-state index < -0.39 is 17.1 Å². The van der Waals surface area contributed by atoms with Gasteiger partial charge in [0.05, 0.1) is 10.6 Å². The lowest BCUT2D eigenvalue weighted by atomic mass is 10.1. The number of halogens is 1. The van der Waals surface area contributed by atoms with Gasteiger partial charge >= 0.3 is 0 Å². The topological polar surface area (TPSA) is 105 Å². The zero-order chi connectivity index (χ0) is 29.0. The third-order valence-electron chi connectivity index (χ3n) is 6.24. The Labute approximate surface area is 245 Å². The highest BCUT2D eigenvalue weighted by molar-refractivity contribution is 9.10. The Bertz CT molecular complexity index is 1540. The van der Waals surface area contributed by atoms with E-state index >= 15 is 0 Å². The molecule has 1 aliphatic heterocycles. The molecule has 10 heteroatoms. The van der Waals surface area contributed by atoms with Gasteiger partial charge in [-0.25, -0.2) is 0 Å². The van der Waals surface area contributed by atoms with Crippen LogP contribution in [0.5, 0.6) is 5.75 Å². The normalized spacial score (nSPS) is 14.0. The van der Waals surface area contributed by atoms with Crippen molar-refractivity contribution in [2.24, 2.45) is 0 Å². The first kappa shape index (κ1) is 29.1. The molecule has 3 aromatic rings. The molecule has 0 spiro atoms. The minimum Gasteiger partial charge on any atom is -0.484 e. The van der Waals surface area contributed by atoms with E-state index in [9.17, 15) is 19.2 Å². The molecule has 0 atom stereocenters. The van der Waals surface area contributed by atoms with Gasteiger partial charge in [0.15, 0.2) is 6.61 Å². The highest BCUT2D eigenvalue weighted by Crippen LogP contribution is 2.32. The number of aryl methyl sites for hydroxylation is 4. The fourth-order valence-corrected chi connectivity index (χ4v) is 5.34. The first-order valence-corrected chi connectivity index (χ1v) is 14.0. The molecule has 4 rings (SSSR count). The number of carbonyl (C=O) groups is 4. The van der Waals surface area contributed by atoms with Crippen molar-refractivity contribution < 1.29 is 23.9 Å². The molecule has 3 aromatic carbocycles. The largest absolute Gasteiger partial charge is 0.484 e. The molecule has 0 aliphatic carbocycles. The number of hydrogen-bond donors (Lipinski definition) is 2. The van der Waals surface area contributed by atoms with Crippen LogP contribution in [-0.2, 0) is 14.4 Å². The van der Waals surface area contributed by atoms with Gasteiger partial charge in [-0.3, -0.25) is 24.1 Å². The number of rotatable bonds is 8. The third kappa shape index (κ3) is 7.19. The molecule has 206 valence electrons. The van der Waals surface area contributed by atoms with Gasteiger partial charge in [0.2, 0.25) is 5.91 Å². The Kier molecular flexibility index (Phi) is 9.11. The Balaban J connectivity index is 1.32. The van der Waals surface area contributed by atoms with E-state index in [0.717, 1.165) is 43.4 Å². The molecule has 1 aliphatic rings. The van der Waals surface area contributed by atoms with E-state index in [1.807, 2.05) is 52.0 Å². The molecule has 0 saturated carbocycles. The average molecular weight is 623 g/mol. The lowest BCUT2D eigenvalue weighted by Gasteiger charge is -2.14. The molecular formula is C30H28BrN3O5S. The molecule has 4 amide bonds. The summed E-state index contributed by atoms with van der Waals surface area (Å²) in [5, 5.41) is 5.08. The van der Waals surface area contributed by atoms with E-state index in [1.54, 1.807) is 36.4 Å². The van der Waals surface area contributed by atoms with Gasteiger partial charge in [0, 0.05) is 10.2 Å². The van der Waals surface area contributed by atoms with Gasteiger partial charge in [-0.05, 0) is 114 Å². The number of benzene rings is 3. The summed E-state index contributed by atoms with van der Waals surface area (Å²) in [7, 11) is 0. The number of ether oxygens (including phenoxy) is 1. The van der Waals surface area contributed by atoms with E-state index in [-0.39, 0.29) is 24.0 Å². The summed E-state index contributed by atoms with van der Waals surface area (Å²) in [6.45, 7) is 7.25. The van der Waals surface area contributed by atoms with Gasteiger partial charge in [-0.2, -0.15) is 0 Å². The second-order valence-electron chi connectivity index (χ2n) is 9.46. The highest BCUT2D eigenvalue weighted by Gasteiger charge is 2.36. The van der Waals surface area contributed by atoms with Crippen molar-refractivity contribution in [2.45, 2.75) is 27.7 Å². The standard InChI is InChI=1S/C30H28BrN3O5S/c1-17-5-10-24(20(4)11-17)32-27(35)15-34-29(37)26(40-30(34)38)14-21-6-8-22(9-7-21)39-16-28(36)33-25-13-19(3)18(2)12-23(25)31/h5-14H,15-16H2,1-4H3,(H,32,35)(H,33,36)/b26-14+. The maximum atomic E-state index is 12.8. The Hall–Kier alpha value is -3.89. The lowest BCUT2D eigenvalue weighted by Crippen LogP contribution is -2.36. The molecule has 0 radical (unpaired) electrons.